The molecule has 3 rings (SSSR count). The maximum atomic E-state index is 12.6. The van der Waals surface area contributed by atoms with Gasteiger partial charge >= 0.3 is 6.18 Å². The van der Waals surface area contributed by atoms with Crippen LogP contribution in [0.3, 0.4) is 0 Å². The van der Waals surface area contributed by atoms with Gasteiger partial charge in [0.05, 0.1) is 6.54 Å². The molecule has 2 aromatic rings. The molecule has 1 aromatic carbocycles. The number of aryl methyl sites for hydroxylation is 1. The molecule has 4 nitrogen and oxygen atoms in total. The van der Waals surface area contributed by atoms with Gasteiger partial charge in [0.25, 0.3) is 0 Å². The van der Waals surface area contributed by atoms with Crippen molar-refractivity contribution in [2.75, 3.05) is 11.9 Å². The van der Waals surface area contributed by atoms with Crippen molar-refractivity contribution in [2.45, 2.75) is 32.1 Å². The normalized spacial score (nSPS) is 14.4. The summed E-state index contributed by atoms with van der Waals surface area (Å²) in [6.45, 7) is -0.512. The second-order valence-electron chi connectivity index (χ2n) is 6.11. The highest BCUT2D eigenvalue weighted by atomic mass is 19.4. The van der Waals surface area contributed by atoms with E-state index in [1.165, 1.54) is 4.90 Å². The zero-order valence-electron chi connectivity index (χ0n) is 13.5. The highest BCUT2D eigenvalue weighted by molar-refractivity contribution is 5.91. The van der Waals surface area contributed by atoms with E-state index >= 15 is 0 Å². The molecular weight excluding hydrogens is 331 g/mol. The second kappa shape index (κ2) is 7.23. The van der Waals surface area contributed by atoms with Crippen molar-refractivity contribution in [2.24, 2.45) is 0 Å². The van der Waals surface area contributed by atoms with Gasteiger partial charge in [-0.3, -0.25) is 14.7 Å². The van der Waals surface area contributed by atoms with Crippen LogP contribution in [0.1, 0.15) is 23.1 Å². The first-order valence-corrected chi connectivity index (χ1v) is 7.99. The molecule has 0 saturated heterocycles. The summed E-state index contributed by atoms with van der Waals surface area (Å²) in [5.74, 6) is -0.153. The van der Waals surface area contributed by atoms with E-state index in [9.17, 15) is 18.0 Å². The lowest BCUT2D eigenvalue weighted by molar-refractivity contribution is -0.147. The zero-order chi connectivity index (χ0) is 17.9. The number of pyridine rings is 1. The number of nitrogens with one attached hydrogen (secondary N) is 1. The van der Waals surface area contributed by atoms with Crippen molar-refractivity contribution >= 4 is 11.6 Å². The van der Waals surface area contributed by atoms with Gasteiger partial charge in [-0.1, -0.05) is 12.1 Å². The molecule has 0 spiro atoms. The first-order valence-electron chi connectivity index (χ1n) is 7.99. The highest BCUT2D eigenvalue weighted by Crippen LogP contribution is 2.31. The standard InChI is InChI=1S/C18H18F3N3O/c19-18(20,21)12-24-10-14-2-1-3-16(15(14)11-24)23-17(25)5-4-13-6-8-22-9-7-13/h1-3,6-9H,4-5,10-12H2,(H,23,25). The second-order valence-corrected chi connectivity index (χ2v) is 6.11. The Bertz CT molecular complexity index is 747. The summed E-state index contributed by atoms with van der Waals surface area (Å²) in [4.78, 5) is 17.4. The molecule has 132 valence electrons. The Labute approximate surface area is 143 Å². The van der Waals surface area contributed by atoms with Gasteiger partial charge in [0.1, 0.15) is 0 Å². The molecule has 1 aromatic heterocycles. The first kappa shape index (κ1) is 17.4. The summed E-state index contributed by atoms with van der Waals surface area (Å²) in [6, 6.07) is 9.00. The molecule has 0 bridgehead atoms. The fourth-order valence-corrected chi connectivity index (χ4v) is 2.99. The Morgan fingerprint density at radius 1 is 1.16 bits per heavy atom. The minimum Gasteiger partial charge on any atom is -0.326 e. The lowest BCUT2D eigenvalue weighted by Gasteiger charge is -2.17. The van der Waals surface area contributed by atoms with Gasteiger partial charge < -0.3 is 5.32 Å². The van der Waals surface area contributed by atoms with Crippen molar-refractivity contribution in [3.8, 4) is 0 Å². The maximum Gasteiger partial charge on any atom is 0.401 e. The van der Waals surface area contributed by atoms with E-state index in [1.807, 2.05) is 12.1 Å². The van der Waals surface area contributed by atoms with Crippen LogP contribution in [0.4, 0.5) is 18.9 Å². The van der Waals surface area contributed by atoms with Crippen molar-refractivity contribution in [3.63, 3.8) is 0 Å². The number of benzene rings is 1. The number of fused-ring (bicyclic) bond motifs is 1. The summed E-state index contributed by atoms with van der Waals surface area (Å²) in [5.41, 5.74) is 3.21. The Morgan fingerprint density at radius 3 is 2.64 bits per heavy atom. The predicted molar refractivity (Wildman–Crippen MR) is 87.8 cm³/mol. The van der Waals surface area contributed by atoms with Crippen LogP contribution in [0.15, 0.2) is 42.7 Å². The van der Waals surface area contributed by atoms with Crippen LogP contribution in [-0.2, 0) is 24.3 Å². The van der Waals surface area contributed by atoms with E-state index in [2.05, 4.69) is 10.3 Å². The van der Waals surface area contributed by atoms with Gasteiger partial charge in [0, 0.05) is 37.6 Å². The number of aromatic nitrogens is 1. The summed E-state index contributed by atoms with van der Waals surface area (Å²) >= 11 is 0. The third kappa shape index (κ3) is 4.79. The van der Waals surface area contributed by atoms with Crippen LogP contribution >= 0.6 is 0 Å². The molecule has 0 unspecified atom stereocenters. The number of amides is 1. The maximum absolute atomic E-state index is 12.6. The van der Waals surface area contributed by atoms with E-state index in [0.717, 1.165) is 16.7 Å². The SMILES string of the molecule is O=C(CCc1ccncc1)Nc1cccc2c1CN(CC(F)(F)F)C2. The molecule has 7 heteroatoms. The number of halogens is 3. The fraction of sp³-hybridized carbons (Fsp3) is 0.333. The average Bonchev–Trinajstić information content (AvgIpc) is 2.95. The molecular formula is C18H18F3N3O. The Morgan fingerprint density at radius 2 is 1.92 bits per heavy atom. The van der Waals surface area contributed by atoms with Gasteiger partial charge in [-0.2, -0.15) is 13.2 Å². The summed E-state index contributed by atoms with van der Waals surface area (Å²) < 4.78 is 37.8. The predicted octanol–water partition coefficient (Wildman–Crippen LogP) is 3.53. The molecule has 0 aliphatic carbocycles. The van der Waals surface area contributed by atoms with Gasteiger partial charge in [0.15, 0.2) is 0 Å². The van der Waals surface area contributed by atoms with E-state index < -0.39 is 12.7 Å². The van der Waals surface area contributed by atoms with Crippen LogP contribution in [0.25, 0.3) is 0 Å². The van der Waals surface area contributed by atoms with E-state index in [0.29, 0.717) is 18.5 Å². The molecule has 0 saturated carbocycles. The van der Waals surface area contributed by atoms with Gasteiger partial charge in [0.2, 0.25) is 5.91 Å². The van der Waals surface area contributed by atoms with E-state index in [-0.39, 0.29) is 19.0 Å². The lowest BCUT2D eigenvalue weighted by atomic mass is 10.1. The number of carbonyl (C=O) groups is 1. The Balaban J connectivity index is 1.61. The van der Waals surface area contributed by atoms with Gasteiger partial charge in [-0.25, -0.2) is 0 Å². The molecule has 2 heterocycles. The number of rotatable bonds is 5. The van der Waals surface area contributed by atoms with Crippen LogP contribution in [-0.4, -0.2) is 28.5 Å². The van der Waals surface area contributed by atoms with Gasteiger partial charge in [-0.15, -0.1) is 0 Å². The monoisotopic (exact) mass is 349 g/mol. The smallest absolute Gasteiger partial charge is 0.326 e. The number of nitrogens with zero attached hydrogens (tertiary/aromatic N) is 2. The number of anilines is 1. The molecule has 1 N–H and O–H groups in total. The number of carbonyl (C=O) groups excluding carboxylic acids is 1. The third-order valence-electron chi connectivity index (χ3n) is 4.12. The Hall–Kier alpha value is -2.41. The topological polar surface area (TPSA) is 45.2 Å². The van der Waals surface area contributed by atoms with Crippen molar-refractivity contribution in [1.82, 2.24) is 9.88 Å². The highest BCUT2D eigenvalue weighted by Gasteiger charge is 2.34. The number of alkyl halides is 3. The van der Waals surface area contributed by atoms with Crippen molar-refractivity contribution < 1.29 is 18.0 Å². The van der Waals surface area contributed by atoms with Crippen LogP contribution in [0.5, 0.6) is 0 Å². The summed E-state index contributed by atoms with van der Waals surface area (Å²) in [7, 11) is 0. The minimum absolute atomic E-state index is 0.153. The average molecular weight is 349 g/mol. The Kier molecular flexibility index (Phi) is 5.03. The lowest BCUT2D eigenvalue weighted by Crippen LogP contribution is -2.30. The molecule has 1 aliphatic rings. The van der Waals surface area contributed by atoms with Crippen molar-refractivity contribution in [1.29, 1.82) is 0 Å². The van der Waals surface area contributed by atoms with Gasteiger partial charge in [-0.05, 0) is 41.3 Å². The van der Waals surface area contributed by atoms with E-state index in [4.69, 9.17) is 0 Å². The van der Waals surface area contributed by atoms with Crippen LogP contribution < -0.4 is 5.32 Å². The van der Waals surface area contributed by atoms with Crippen LogP contribution in [0, 0.1) is 0 Å². The zero-order valence-corrected chi connectivity index (χ0v) is 13.5. The number of hydrogen-bond acceptors (Lipinski definition) is 3. The molecule has 0 atom stereocenters. The van der Waals surface area contributed by atoms with E-state index in [1.54, 1.807) is 30.6 Å². The summed E-state index contributed by atoms with van der Waals surface area (Å²) in [6.07, 6.45) is 0.0125. The number of hydrogen-bond donors (Lipinski definition) is 1. The fourth-order valence-electron chi connectivity index (χ4n) is 2.99. The molecule has 1 amide bonds. The third-order valence-corrected chi connectivity index (χ3v) is 4.12. The van der Waals surface area contributed by atoms with Crippen LogP contribution in [0.2, 0.25) is 0 Å². The molecule has 0 radical (unpaired) electrons. The first-order chi connectivity index (χ1) is 11.9. The quantitative estimate of drug-likeness (QED) is 0.898. The molecule has 0 fully saturated rings. The summed E-state index contributed by atoms with van der Waals surface area (Å²) in [5, 5.41) is 2.83. The molecule has 25 heavy (non-hydrogen) atoms. The molecule has 1 aliphatic heterocycles. The van der Waals surface area contributed by atoms with Crippen molar-refractivity contribution in [3.05, 3.63) is 59.4 Å². The minimum atomic E-state index is -4.23. The largest absolute Gasteiger partial charge is 0.401 e.